The first-order chi connectivity index (χ1) is 7.47. The van der Waals surface area contributed by atoms with Crippen molar-refractivity contribution in [3.8, 4) is 0 Å². The molecule has 3 nitrogen and oxygen atoms in total. The van der Waals surface area contributed by atoms with E-state index >= 15 is 0 Å². The largest absolute Gasteiger partial charge is 0.388 e. The molecule has 1 aliphatic heterocycles. The topological polar surface area (TPSA) is 38.7 Å². The number of ketones is 1. The van der Waals surface area contributed by atoms with E-state index in [0.717, 1.165) is 12.3 Å². The van der Waals surface area contributed by atoms with Gasteiger partial charge in [-0.3, -0.25) is 4.79 Å². The van der Waals surface area contributed by atoms with Crippen LogP contribution in [0.25, 0.3) is 0 Å². The minimum Gasteiger partial charge on any atom is -0.388 e. The third-order valence-electron chi connectivity index (χ3n) is 5.36. The van der Waals surface area contributed by atoms with Gasteiger partial charge in [0.1, 0.15) is 5.71 Å². The second-order valence-corrected chi connectivity index (χ2v) is 6.18. The minimum absolute atomic E-state index is 0.0652. The van der Waals surface area contributed by atoms with Crippen LogP contribution in [-0.4, -0.2) is 17.1 Å². The molecule has 0 amide bonds. The smallest absolute Gasteiger partial charge is 0.177 e. The van der Waals surface area contributed by atoms with Crippen molar-refractivity contribution in [2.45, 2.75) is 52.1 Å². The first-order valence-corrected chi connectivity index (χ1v) is 6.23. The van der Waals surface area contributed by atoms with Crippen molar-refractivity contribution < 1.29 is 9.63 Å². The Kier molecular flexibility index (Phi) is 1.85. The van der Waals surface area contributed by atoms with Crippen LogP contribution in [0, 0.1) is 17.3 Å². The summed E-state index contributed by atoms with van der Waals surface area (Å²) in [5.41, 5.74) is 0.633. The van der Waals surface area contributed by atoms with E-state index in [2.05, 4.69) is 19.0 Å². The van der Waals surface area contributed by atoms with Gasteiger partial charge in [0, 0.05) is 24.7 Å². The van der Waals surface area contributed by atoms with Crippen LogP contribution in [0.15, 0.2) is 5.16 Å². The molecule has 3 aliphatic rings. The van der Waals surface area contributed by atoms with E-state index in [9.17, 15) is 4.79 Å². The maximum atomic E-state index is 11.4. The van der Waals surface area contributed by atoms with Crippen molar-refractivity contribution in [1.29, 1.82) is 0 Å². The molecule has 3 rings (SSSR count). The van der Waals surface area contributed by atoms with Crippen LogP contribution in [-0.2, 0) is 9.63 Å². The van der Waals surface area contributed by atoms with Gasteiger partial charge in [-0.05, 0) is 25.2 Å². The lowest BCUT2D eigenvalue weighted by atomic mass is 9.63. The number of nitrogens with zero attached hydrogens (tertiary/aromatic N) is 1. The van der Waals surface area contributed by atoms with Crippen LogP contribution in [0.1, 0.15) is 46.5 Å². The lowest BCUT2D eigenvalue weighted by Gasteiger charge is -2.44. The zero-order valence-corrected chi connectivity index (χ0v) is 10.2. The van der Waals surface area contributed by atoms with Crippen molar-refractivity contribution in [2.24, 2.45) is 22.4 Å². The zero-order chi connectivity index (χ0) is 11.6. The molecule has 1 unspecified atom stereocenters. The van der Waals surface area contributed by atoms with E-state index in [1.54, 1.807) is 6.92 Å². The molecule has 0 radical (unpaired) electrons. The number of rotatable bonds is 1. The molecule has 1 heterocycles. The molecule has 2 bridgehead atoms. The van der Waals surface area contributed by atoms with Crippen molar-refractivity contribution in [3.05, 3.63) is 0 Å². The maximum Gasteiger partial charge on any atom is 0.177 e. The highest BCUT2D eigenvalue weighted by molar-refractivity contribution is 6.39. The normalized spacial score (nSPS) is 43.6. The van der Waals surface area contributed by atoms with Crippen LogP contribution in [0.2, 0.25) is 0 Å². The summed E-state index contributed by atoms with van der Waals surface area (Å²) in [6, 6.07) is 0. The van der Waals surface area contributed by atoms with Gasteiger partial charge in [0.15, 0.2) is 11.4 Å². The van der Waals surface area contributed by atoms with Gasteiger partial charge in [-0.15, -0.1) is 0 Å². The monoisotopic (exact) mass is 221 g/mol. The third-order valence-corrected chi connectivity index (χ3v) is 5.36. The van der Waals surface area contributed by atoms with E-state index in [4.69, 9.17) is 4.84 Å². The Morgan fingerprint density at radius 1 is 1.38 bits per heavy atom. The Labute approximate surface area is 96.2 Å². The number of hydrogen-bond acceptors (Lipinski definition) is 3. The Bertz CT molecular complexity index is 385. The fourth-order valence-electron chi connectivity index (χ4n) is 4.14. The summed E-state index contributed by atoms with van der Waals surface area (Å²) in [5.74, 6) is 1.42. The first kappa shape index (κ1) is 10.3. The average molecular weight is 221 g/mol. The highest BCUT2D eigenvalue weighted by atomic mass is 16.7. The molecule has 88 valence electrons. The summed E-state index contributed by atoms with van der Waals surface area (Å²) >= 11 is 0. The van der Waals surface area contributed by atoms with Gasteiger partial charge in [-0.2, -0.15) is 0 Å². The molecule has 2 fully saturated rings. The number of carbonyl (C=O) groups excluding carboxylic acids is 1. The summed E-state index contributed by atoms with van der Waals surface area (Å²) in [7, 11) is 0. The molecule has 16 heavy (non-hydrogen) atoms. The fourth-order valence-corrected chi connectivity index (χ4v) is 4.14. The molecule has 0 N–H and O–H groups in total. The summed E-state index contributed by atoms with van der Waals surface area (Å²) < 4.78 is 0. The quantitative estimate of drug-likeness (QED) is 0.682. The molecular formula is C13H19NO2. The molecular weight excluding hydrogens is 202 g/mol. The van der Waals surface area contributed by atoms with Crippen LogP contribution in [0.4, 0.5) is 0 Å². The molecule has 0 aromatic carbocycles. The van der Waals surface area contributed by atoms with Crippen LogP contribution < -0.4 is 0 Å². The predicted molar refractivity (Wildman–Crippen MR) is 61.2 cm³/mol. The fraction of sp³-hybridized carbons (Fsp3) is 0.846. The summed E-state index contributed by atoms with van der Waals surface area (Å²) in [6.07, 6.45) is 4.55. The number of oxime groups is 1. The third kappa shape index (κ3) is 0.994. The first-order valence-electron chi connectivity index (χ1n) is 6.23. The molecule has 0 saturated heterocycles. The van der Waals surface area contributed by atoms with E-state index in [-0.39, 0.29) is 16.8 Å². The number of fused-ring (bicyclic) bond motifs is 3. The lowest BCUT2D eigenvalue weighted by Crippen LogP contribution is -2.49. The van der Waals surface area contributed by atoms with Crippen molar-refractivity contribution in [2.75, 3.05) is 0 Å². The van der Waals surface area contributed by atoms with Gasteiger partial charge in [-0.25, -0.2) is 0 Å². The highest BCUT2D eigenvalue weighted by Gasteiger charge is 2.67. The van der Waals surface area contributed by atoms with Gasteiger partial charge >= 0.3 is 0 Å². The van der Waals surface area contributed by atoms with Gasteiger partial charge in [0.25, 0.3) is 0 Å². The Hall–Kier alpha value is -0.860. The SMILES string of the molecule is CC(=O)C1=NOC2(C1)[C@H]1CC[C@H](C1)C2(C)C. The van der Waals surface area contributed by atoms with E-state index in [1.165, 1.54) is 19.3 Å². The molecule has 3 heteroatoms. The van der Waals surface area contributed by atoms with E-state index in [1.807, 2.05) is 0 Å². The number of hydrogen-bond donors (Lipinski definition) is 0. The Morgan fingerprint density at radius 2 is 2.06 bits per heavy atom. The lowest BCUT2D eigenvalue weighted by molar-refractivity contribution is -0.135. The van der Waals surface area contributed by atoms with Crippen LogP contribution in [0.5, 0.6) is 0 Å². The molecule has 3 atom stereocenters. The van der Waals surface area contributed by atoms with Crippen LogP contribution >= 0.6 is 0 Å². The van der Waals surface area contributed by atoms with Crippen molar-refractivity contribution in [1.82, 2.24) is 0 Å². The van der Waals surface area contributed by atoms with Crippen LogP contribution in [0.3, 0.4) is 0 Å². The van der Waals surface area contributed by atoms with Gasteiger partial charge in [-0.1, -0.05) is 19.0 Å². The van der Waals surface area contributed by atoms with Gasteiger partial charge in [0.2, 0.25) is 0 Å². The molecule has 0 aromatic heterocycles. The van der Waals surface area contributed by atoms with E-state index < -0.39 is 0 Å². The van der Waals surface area contributed by atoms with Gasteiger partial charge < -0.3 is 4.84 Å². The molecule has 1 spiro atoms. The number of Topliss-reactive ketones (excluding diaryl/α,β-unsaturated/α-hetero) is 1. The van der Waals surface area contributed by atoms with E-state index in [0.29, 0.717) is 11.6 Å². The Morgan fingerprint density at radius 3 is 2.56 bits per heavy atom. The molecule has 2 saturated carbocycles. The second kappa shape index (κ2) is 2.88. The molecule has 2 aliphatic carbocycles. The average Bonchev–Trinajstić information content (AvgIpc) is 2.87. The molecule has 0 aromatic rings. The summed E-state index contributed by atoms with van der Waals surface area (Å²) in [6.45, 7) is 6.16. The summed E-state index contributed by atoms with van der Waals surface area (Å²) in [4.78, 5) is 17.2. The van der Waals surface area contributed by atoms with Crippen molar-refractivity contribution >= 4 is 11.5 Å². The minimum atomic E-state index is -0.170. The summed E-state index contributed by atoms with van der Waals surface area (Å²) in [5, 5.41) is 4.05. The highest BCUT2D eigenvalue weighted by Crippen LogP contribution is 2.65. The van der Waals surface area contributed by atoms with Gasteiger partial charge in [0.05, 0.1) is 0 Å². The predicted octanol–water partition coefficient (Wildman–Crippen LogP) is 2.55. The van der Waals surface area contributed by atoms with Crippen molar-refractivity contribution in [3.63, 3.8) is 0 Å². The number of carbonyl (C=O) groups is 1. The standard InChI is InChI=1S/C13H19NO2/c1-8(15)11-7-13(16-14-11)10-5-4-9(6-10)12(13,2)3/h9-10H,4-7H2,1-3H3/t9-,10+,13?/m1/s1. The maximum absolute atomic E-state index is 11.4. The Balaban J connectivity index is 1.94. The zero-order valence-electron chi connectivity index (χ0n) is 10.2. The second-order valence-electron chi connectivity index (χ2n) is 6.18.